The normalized spacial score (nSPS) is 11.6. The van der Waals surface area contributed by atoms with Crippen LogP contribution in [0.3, 0.4) is 0 Å². The van der Waals surface area contributed by atoms with Crippen LogP contribution >= 0.6 is 0 Å². The maximum Gasteiger partial charge on any atom is 0.146 e. The summed E-state index contributed by atoms with van der Waals surface area (Å²) in [5.41, 5.74) is 0.697. The van der Waals surface area contributed by atoms with E-state index in [-0.39, 0.29) is 17.8 Å². The van der Waals surface area contributed by atoms with Crippen LogP contribution in [0.4, 0.5) is 10.1 Å². The van der Waals surface area contributed by atoms with E-state index in [1.807, 2.05) is 13.8 Å². The number of nitrogens with one attached hydrogen (secondary N) is 1. The monoisotopic (exact) mass is 265 g/mol. The second kappa shape index (κ2) is 5.31. The Morgan fingerprint density at radius 2 is 2.21 bits per heavy atom. The predicted molar refractivity (Wildman–Crippen MR) is 68.5 cm³/mol. The van der Waals surface area contributed by atoms with Gasteiger partial charge < -0.3 is 10.4 Å². The van der Waals surface area contributed by atoms with Crippen LogP contribution < -0.4 is 5.32 Å². The van der Waals surface area contributed by atoms with Crippen LogP contribution in [0.25, 0.3) is 5.69 Å². The summed E-state index contributed by atoms with van der Waals surface area (Å²) in [5, 5.41) is 23.0. The Labute approximate surface area is 110 Å². The van der Waals surface area contributed by atoms with Crippen molar-refractivity contribution in [2.24, 2.45) is 5.41 Å². The van der Waals surface area contributed by atoms with Crippen LogP contribution in [-0.4, -0.2) is 38.5 Å². The fourth-order valence-corrected chi connectivity index (χ4v) is 1.46. The summed E-state index contributed by atoms with van der Waals surface area (Å²) in [4.78, 5) is 0. The van der Waals surface area contributed by atoms with Crippen LogP contribution in [-0.2, 0) is 0 Å². The van der Waals surface area contributed by atoms with Crippen LogP contribution in [0.5, 0.6) is 0 Å². The van der Waals surface area contributed by atoms with E-state index in [2.05, 4.69) is 20.8 Å². The number of tetrazole rings is 1. The van der Waals surface area contributed by atoms with Gasteiger partial charge in [0.2, 0.25) is 0 Å². The highest BCUT2D eigenvalue weighted by Gasteiger charge is 2.17. The lowest BCUT2D eigenvalue weighted by Gasteiger charge is -2.22. The maximum atomic E-state index is 13.7. The first kappa shape index (κ1) is 13.4. The summed E-state index contributed by atoms with van der Waals surface area (Å²) in [6, 6.07) is 4.57. The van der Waals surface area contributed by atoms with Gasteiger partial charge in [0, 0.05) is 18.6 Å². The minimum absolute atomic E-state index is 0.0221. The fourth-order valence-electron chi connectivity index (χ4n) is 1.46. The molecule has 0 amide bonds. The molecule has 1 heterocycles. The number of aliphatic hydroxyl groups excluding tert-OH is 1. The fraction of sp³-hybridized carbons (Fsp3) is 0.417. The van der Waals surface area contributed by atoms with Crippen molar-refractivity contribution in [3.63, 3.8) is 0 Å². The molecule has 2 aromatic rings. The van der Waals surface area contributed by atoms with Crippen molar-refractivity contribution in [3.8, 4) is 5.69 Å². The van der Waals surface area contributed by atoms with Gasteiger partial charge >= 0.3 is 0 Å². The highest BCUT2D eigenvalue weighted by Crippen LogP contribution is 2.21. The zero-order valence-corrected chi connectivity index (χ0v) is 10.8. The molecule has 0 unspecified atom stereocenters. The number of anilines is 1. The molecular formula is C12H16FN5O. The Morgan fingerprint density at radius 3 is 2.84 bits per heavy atom. The first-order valence-corrected chi connectivity index (χ1v) is 5.89. The third-order valence-corrected chi connectivity index (χ3v) is 2.75. The molecule has 7 heteroatoms. The van der Waals surface area contributed by atoms with E-state index in [0.717, 1.165) is 0 Å². The van der Waals surface area contributed by atoms with Crippen molar-refractivity contribution in [3.05, 3.63) is 30.3 Å². The molecule has 0 aliphatic heterocycles. The van der Waals surface area contributed by atoms with E-state index in [1.165, 1.54) is 17.1 Å². The van der Waals surface area contributed by atoms with E-state index in [4.69, 9.17) is 0 Å². The highest BCUT2D eigenvalue weighted by atomic mass is 19.1. The molecule has 0 saturated carbocycles. The van der Waals surface area contributed by atoms with Crippen molar-refractivity contribution in [1.29, 1.82) is 0 Å². The molecule has 0 fully saturated rings. The summed E-state index contributed by atoms with van der Waals surface area (Å²) in [7, 11) is 0. The van der Waals surface area contributed by atoms with E-state index >= 15 is 0 Å². The van der Waals surface area contributed by atoms with Crippen LogP contribution in [0.1, 0.15) is 13.8 Å². The Morgan fingerprint density at radius 1 is 1.42 bits per heavy atom. The molecule has 0 radical (unpaired) electrons. The number of nitrogens with zero attached hydrogens (tertiary/aromatic N) is 4. The molecule has 0 aliphatic carbocycles. The largest absolute Gasteiger partial charge is 0.396 e. The van der Waals surface area contributed by atoms with E-state index in [9.17, 15) is 9.50 Å². The summed E-state index contributed by atoms with van der Waals surface area (Å²) in [6.07, 6.45) is 1.44. The molecule has 2 rings (SSSR count). The SMILES string of the molecule is CC(C)(CO)CNc1cc(-n2cnnn2)ccc1F. The lowest BCUT2D eigenvalue weighted by Crippen LogP contribution is -2.27. The number of halogens is 1. The topological polar surface area (TPSA) is 75.9 Å². The van der Waals surface area contributed by atoms with E-state index < -0.39 is 0 Å². The lowest BCUT2D eigenvalue weighted by molar-refractivity contribution is 0.170. The van der Waals surface area contributed by atoms with E-state index in [0.29, 0.717) is 17.9 Å². The zero-order chi connectivity index (χ0) is 13.9. The quantitative estimate of drug-likeness (QED) is 0.850. The second-order valence-corrected chi connectivity index (χ2v) is 5.09. The van der Waals surface area contributed by atoms with Gasteiger partial charge in [-0.2, -0.15) is 0 Å². The average Bonchev–Trinajstić information content (AvgIpc) is 2.92. The molecule has 1 aromatic heterocycles. The number of aromatic nitrogens is 4. The smallest absolute Gasteiger partial charge is 0.146 e. The molecule has 6 nitrogen and oxygen atoms in total. The van der Waals surface area contributed by atoms with Gasteiger partial charge in [0.25, 0.3) is 0 Å². The number of hydrogen-bond acceptors (Lipinski definition) is 5. The maximum absolute atomic E-state index is 13.7. The van der Waals surface area contributed by atoms with Crippen molar-refractivity contribution >= 4 is 5.69 Å². The Balaban J connectivity index is 2.19. The lowest BCUT2D eigenvalue weighted by atomic mass is 9.95. The standard InChI is InChI=1S/C12H16FN5O/c1-12(2,7-19)6-14-11-5-9(3-4-10(11)13)18-8-15-16-17-18/h3-5,8,14,19H,6-7H2,1-2H3. The van der Waals surface area contributed by atoms with Gasteiger partial charge in [0.15, 0.2) is 0 Å². The molecule has 102 valence electrons. The first-order valence-electron chi connectivity index (χ1n) is 5.89. The van der Waals surface area contributed by atoms with Crippen molar-refractivity contribution in [2.45, 2.75) is 13.8 Å². The molecule has 0 atom stereocenters. The molecule has 0 bridgehead atoms. The molecule has 1 aromatic carbocycles. The van der Waals surface area contributed by atoms with Gasteiger partial charge in [0.1, 0.15) is 12.1 Å². The van der Waals surface area contributed by atoms with Crippen LogP contribution in [0.15, 0.2) is 24.5 Å². The number of aliphatic hydroxyl groups is 1. The molecule has 2 N–H and O–H groups in total. The van der Waals surface area contributed by atoms with Crippen molar-refractivity contribution in [1.82, 2.24) is 20.2 Å². The highest BCUT2D eigenvalue weighted by molar-refractivity contribution is 5.52. The summed E-state index contributed by atoms with van der Waals surface area (Å²) in [5.74, 6) is -0.356. The first-order chi connectivity index (χ1) is 9.02. The van der Waals surface area contributed by atoms with Gasteiger partial charge in [-0.15, -0.1) is 5.10 Å². The minimum Gasteiger partial charge on any atom is -0.396 e. The van der Waals surface area contributed by atoms with Gasteiger partial charge in [-0.1, -0.05) is 13.8 Å². The van der Waals surface area contributed by atoms with Gasteiger partial charge in [-0.3, -0.25) is 0 Å². The molecular weight excluding hydrogens is 249 g/mol. The molecule has 19 heavy (non-hydrogen) atoms. The summed E-state index contributed by atoms with van der Waals surface area (Å²) >= 11 is 0. The summed E-state index contributed by atoms with van der Waals surface area (Å²) < 4.78 is 15.2. The predicted octanol–water partition coefficient (Wildman–Crippen LogP) is 1.23. The zero-order valence-electron chi connectivity index (χ0n) is 10.8. The molecule has 0 saturated heterocycles. The number of benzene rings is 1. The summed E-state index contributed by atoms with van der Waals surface area (Å²) in [6.45, 7) is 4.26. The third kappa shape index (κ3) is 3.25. The van der Waals surface area contributed by atoms with Crippen molar-refractivity contribution < 1.29 is 9.50 Å². The molecule has 0 aliphatic rings. The number of hydrogen-bond donors (Lipinski definition) is 2. The molecule has 0 spiro atoms. The van der Waals surface area contributed by atoms with Crippen LogP contribution in [0, 0.1) is 11.2 Å². The Bertz CT molecular complexity index is 541. The Kier molecular flexibility index (Phi) is 3.75. The Hall–Kier alpha value is -2.02. The second-order valence-electron chi connectivity index (χ2n) is 5.09. The van der Waals surface area contributed by atoms with Gasteiger partial charge in [-0.05, 0) is 28.6 Å². The minimum atomic E-state index is -0.356. The van der Waals surface area contributed by atoms with Gasteiger partial charge in [-0.25, -0.2) is 9.07 Å². The average molecular weight is 265 g/mol. The van der Waals surface area contributed by atoms with Crippen LogP contribution in [0.2, 0.25) is 0 Å². The van der Waals surface area contributed by atoms with E-state index in [1.54, 1.807) is 12.1 Å². The van der Waals surface area contributed by atoms with Gasteiger partial charge in [0.05, 0.1) is 11.4 Å². The van der Waals surface area contributed by atoms with Crippen molar-refractivity contribution in [2.75, 3.05) is 18.5 Å². The third-order valence-electron chi connectivity index (χ3n) is 2.75. The number of rotatable bonds is 5.